The van der Waals surface area contributed by atoms with Gasteiger partial charge in [-0.05, 0) is 118 Å². The van der Waals surface area contributed by atoms with Gasteiger partial charge in [0.25, 0.3) is 21.8 Å². The zero-order valence-electron chi connectivity index (χ0n) is 39.8. The number of nitrogens with zero attached hydrogens (tertiary/aromatic N) is 3. The van der Waals surface area contributed by atoms with Gasteiger partial charge in [0, 0.05) is 61.2 Å². The van der Waals surface area contributed by atoms with E-state index in [1.54, 1.807) is 31.3 Å². The van der Waals surface area contributed by atoms with Crippen LogP contribution in [0.3, 0.4) is 0 Å². The number of rotatable bonds is 16. The first kappa shape index (κ1) is 48.1. The van der Waals surface area contributed by atoms with Crippen LogP contribution < -0.4 is 33.9 Å². The molecule has 1 amide bonds. The SMILES string of the molecule is CCOC[C@@H](NC1CC2(CCN(c3ccc(C(=O)NS(=O)(=O)c4cc5c(c([N+](=O)[O-])c4)O[C@H](C4CCC(C)(O)CC4)CO5)c(Oc4cc5cc[nH]c5nc4OC)c3)CC2)C1)c1ccccc1C(C)C. The third-order valence-corrected chi connectivity index (χ3v) is 15.9. The number of nitro groups is 1. The van der Waals surface area contributed by atoms with Gasteiger partial charge in [0.1, 0.15) is 24.1 Å². The fourth-order valence-corrected chi connectivity index (χ4v) is 11.7. The van der Waals surface area contributed by atoms with Crippen LogP contribution >= 0.6 is 0 Å². The van der Waals surface area contributed by atoms with Gasteiger partial charge in [-0.1, -0.05) is 38.1 Å². The second-order valence-corrected chi connectivity index (χ2v) is 21.4. The van der Waals surface area contributed by atoms with Crippen LogP contribution in [0.2, 0.25) is 0 Å². The molecule has 4 heterocycles. The molecule has 0 unspecified atom stereocenters. The van der Waals surface area contributed by atoms with Gasteiger partial charge in [0.2, 0.25) is 5.75 Å². The number of carbonyl (C=O) groups excluding carboxylic acids is 1. The second kappa shape index (κ2) is 19.4. The highest BCUT2D eigenvalue weighted by molar-refractivity contribution is 7.90. The van der Waals surface area contributed by atoms with Gasteiger partial charge in [-0.25, -0.2) is 13.1 Å². The van der Waals surface area contributed by atoms with Crippen molar-refractivity contribution in [3.63, 3.8) is 0 Å². The van der Waals surface area contributed by atoms with Gasteiger partial charge < -0.3 is 44.0 Å². The van der Waals surface area contributed by atoms with E-state index in [0.29, 0.717) is 56.5 Å². The Labute approximate surface area is 402 Å². The van der Waals surface area contributed by atoms with E-state index in [1.165, 1.54) is 24.3 Å². The molecule has 2 atom stereocenters. The number of amides is 1. The van der Waals surface area contributed by atoms with Crippen LogP contribution in [-0.2, 0) is 14.8 Å². The fourth-order valence-electron chi connectivity index (χ4n) is 10.7. The molecule has 4 aliphatic rings. The predicted molar refractivity (Wildman–Crippen MR) is 259 cm³/mol. The number of H-pyrrole nitrogens is 1. The Morgan fingerprint density at radius 1 is 1.03 bits per heavy atom. The number of aliphatic hydroxyl groups is 1. The number of ether oxygens (including phenoxy) is 5. The molecule has 4 N–H and O–H groups in total. The van der Waals surface area contributed by atoms with Crippen LogP contribution in [0.4, 0.5) is 11.4 Å². The van der Waals surface area contributed by atoms with Crippen molar-refractivity contribution in [1.29, 1.82) is 0 Å². The second-order valence-electron chi connectivity index (χ2n) is 19.7. The van der Waals surface area contributed by atoms with Gasteiger partial charge in [0.15, 0.2) is 11.5 Å². The van der Waals surface area contributed by atoms with Gasteiger partial charge >= 0.3 is 5.69 Å². The van der Waals surface area contributed by atoms with Crippen molar-refractivity contribution >= 4 is 38.3 Å². The van der Waals surface area contributed by atoms with E-state index < -0.39 is 43.1 Å². The Morgan fingerprint density at radius 2 is 1.77 bits per heavy atom. The van der Waals surface area contributed by atoms with Gasteiger partial charge in [-0.3, -0.25) is 14.9 Å². The third-order valence-electron chi connectivity index (χ3n) is 14.6. The minimum absolute atomic E-state index is 0.0164. The van der Waals surface area contributed by atoms with Crippen molar-refractivity contribution in [3.05, 3.63) is 99.7 Å². The van der Waals surface area contributed by atoms with E-state index >= 15 is 0 Å². The van der Waals surface area contributed by atoms with E-state index in [9.17, 15) is 28.4 Å². The molecule has 2 saturated carbocycles. The standard InChI is InChI=1S/C51H62N6O11S/c1-6-65-29-40(38-10-8-7-9-37(38)31(2)3)53-34-27-51(28-34)18-21-56(22-19-51)35-11-12-39(42(24-35)67-44-23-33-15-20-52-47(33)54-49(44)64-5)48(58)55-69(62,63)36-25-41(57(60)61)46-43(26-36)66-30-45(68-46)32-13-16-50(4,59)17-14-32/h7-12,15,20,23-26,31-32,34,40,45,53,59H,6,13-14,16-19,21-22,27-30H2,1-5H3,(H,52,54)(H,55,58)/t32?,40-,45+,50?/m1/s1. The first-order valence-corrected chi connectivity index (χ1v) is 25.5. The number of pyridine rings is 1. The Balaban J connectivity index is 0.929. The molecule has 3 fully saturated rings. The number of anilines is 1. The van der Waals surface area contributed by atoms with E-state index in [2.05, 4.69) is 63.0 Å². The lowest BCUT2D eigenvalue weighted by Crippen LogP contribution is -2.54. The molecule has 2 aromatic heterocycles. The van der Waals surface area contributed by atoms with Crippen LogP contribution in [0.1, 0.15) is 113 Å². The quantitative estimate of drug-likeness (QED) is 0.0538. The number of methoxy groups -OCH3 is 1. The van der Waals surface area contributed by atoms with Crippen LogP contribution in [0.15, 0.2) is 77.8 Å². The zero-order valence-corrected chi connectivity index (χ0v) is 40.6. The predicted octanol–water partition coefficient (Wildman–Crippen LogP) is 8.71. The monoisotopic (exact) mass is 966 g/mol. The first-order chi connectivity index (χ1) is 33.0. The Hall–Kier alpha value is -5.95. The topological polar surface area (TPSA) is 217 Å². The van der Waals surface area contributed by atoms with Crippen molar-refractivity contribution in [3.8, 4) is 28.9 Å². The smallest absolute Gasteiger partial charge is 0.316 e. The highest BCUT2D eigenvalue weighted by Crippen LogP contribution is 2.51. The molecule has 1 spiro atoms. The minimum Gasteiger partial charge on any atom is -0.485 e. The van der Waals surface area contributed by atoms with Crippen molar-refractivity contribution in [2.75, 3.05) is 44.9 Å². The molecule has 9 rings (SSSR count). The van der Waals surface area contributed by atoms with Crippen LogP contribution in [0.25, 0.3) is 11.0 Å². The molecule has 2 aliphatic carbocycles. The molecule has 368 valence electrons. The molecule has 69 heavy (non-hydrogen) atoms. The Bertz CT molecular complexity index is 2810. The molecule has 0 bridgehead atoms. The lowest BCUT2D eigenvalue weighted by atomic mass is 9.60. The number of fused-ring (bicyclic) bond motifs is 2. The maximum absolute atomic E-state index is 14.2. The summed E-state index contributed by atoms with van der Waals surface area (Å²) in [5.41, 5.74) is 2.65. The number of carbonyl (C=O) groups is 1. The number of hydrogen-bond donors (Lipinski definition) is 4. The van der Waals surface area contributed by atoms with Crippen molar-refractivity contribution in [2.24, 2.45) is 11.3 Å². The number of benzene rings is 3. The summed E-state index contributed by atoms with van der Waals surface area (Å²) in [6.45, 7) is 11.1. The van der Waals surface area contributed by atoms with Crippen LogP contribution in [0, 0.1) is 21.4 Å². The molecule has 18 heteroatoms. The third kappa shape index (κ3) is 10.2. The lowest BCUT2D eigenvalue weighted by molar-refractivity contribution is -0.386. The highest BCUT2D eigenvalue weighted by atomic mass is 32.2. The van der Waals surface area contributed by atoms with E-state index in [-0.39, 0.29) is 58.4 Å². The molecule has 17 nitrogen and oxygen atoms in total. The molecule has 3 aromatic carbocycles. The number of aromatic amines is 1. The summed E-state index contributed by atoms with van der Waals surface area (Å²) in [7, 11) is -3.29. The summed E-state index contributed by atoms with van der Waals surface area (Å²) >= 11 is 0. The average Bonchev–Trinajstić information content (AvgIpc) is 3.79. The fraction of sp³-hybridized carbons (Fsp3) is 0.490. The summed E-state index contributed by atoms with van der Waals surface area (Å²) in [5.74, 6) is -0.569. The average molecular weight is 967 g/mol. The number of aromatic nitrogens is 2. The van der Waals surface area contributed by atoms with E-state index in [1.807, 2.05) is 13.0 Å². The molecular formula is C51H62N6O11S. The highest BCUT2D eigenvalue weighted by Gasteiger charge is 2.47. The largest absolute Gasteiger partial charge is 0.485 e. The molecule has 2 aliphatic heterocycles. The molecule has 0 radical (unpaired) electrons. The lowest BCUT2D eigenvalue weighted by Gasteiger charge is -2.53. The Morgan fingerprint density at radius 3 is 2.46 bits per heavy atom. The van der Waals surface area contributed by atoms with Gasteiger partial charge in [-0.2, -0.15) is 4.98 Å². The molecule has 1 saturated heterocycles. The summed E-state index contributed by atoms with van der Waals surface area (Å²) in [5, 5.41) is 27.5. The summed E-state index contributed by atoms with van der Waals surface area (Å²) in [4.78, 5) is 35.1. The van der Waals surface area contributed by atoms with Gasteiger partial charge in [0.05, 0.1) is 40.7 Å². The summed E-state index contributed by atoms with van der Waals surface area (Å²) < 4.78 is 60.2. The van der Waals surface area contributed by atoms with Crippen molar-refractivity contribution in [2.45, 2.75) is 114 Å². The number of nitro benzene ring substituents is 1. The maximum Gasteiger partial charge on any atom is 0.316 e. The zero-order chi connectivity index (χ0) is 48.7. The normalized spacial score (nSPS) is 21.8. The minimum atomic E-state index is -4.73. The Kier molecular flexibility index (Phi) is 13.6. The van der Waals surface area contributed by atoms with Crippen LogP contribution in [-0.4, -0.2) is 92.1 Å². The summed E-state index contributed by atoms with van der Waals surface area (Å²) in [6, 6.07) is 19.6. The van der Waals surface area contributed by atoms with Crippen molar-refractivity contribution < 1.29 is 46.9 Å². The summed E-state index contributed by atoms with van der Waals surface area (Å²) in [6.07, 6.45) is 7.63. The van der Waals surface area contributed by atoms with E-state index in [4.69, 9.17) is 23.7 Å². The molecular weight excluding hydrogens is 905 g/mol. The number of nitrogens with one attached hydrogen (secondary N) is 3. The van der Waals surface area contributed by atoms with Crippen LogP contribution in [0.5, 0.6) is 28.9 Å². The van der Waals surface area contributed by atoms with Gasteiger partial charge in [-0.15, -0.1) is 0 Å². The maximum atomic E-state index is 14.2. The van der Waals surface area contributed by atoms with E-state index in [0.717, 1.165) is 62.0 Å². The number of sulfonamides is 1. The molecule has 5 aromatic rings. The number of hydrogen-bond acceptors (Lipinski definition) is 14. The van der Waals surface area contributed by atoms with Crippen molar-refractivity contribution in [1.82, 2.24) is 20.0 Å². The number of piperidine rings is 1. The first-order valence-electron chi connectivity index (χ1n) is 24.0.